The number of quaternary nitrogens is 2. The van der Waals surface area contributed by atoms with Crippen molar-refractivity contribution in [1.29, 1.82) is 0 Å². The van der Waals surface area contributed by atoms with Crippen LogP contribution in [-0.4, -0.2) is 12.3 Å². The molecule has 0 saturated heterocycles. The second-order valence-corrected chi connectivity index (χ2v) is 3.86. The van der Waals surface area contributed by atoms with E-state index in [0.717, 1.165) is 22.5 Å². The minimum atomic E-state index is 0.347. The monoisotopic (exact) mass is 216 g/mol. The second kappa shape index (κ2) is 4.45. The lowest BCUT2D eigenvalue weighted by molar-refractivity contribution is -1.02. The summed E-state index contributed by atoms with van der Waals surface area (Å²) in [5.41, 5.74) is 8.03. The number of hydroxylamine groups is 1. The maximum atomic E-state index is 9.33. The topological polar surface area (TPSA) is 52.3 Å². The molecule has 2 aromatic carbocycles. The van der Waals surface area contributed by atoms with E-state index in [-0.39, 0.29) is 0 Å². The van der Waals surface area contributed by atoms with Gasteiger partial charge in [-0.3, -0.25) is 0 Å². The van der Waals surface area contributed by atoms with Crippen LogP contribution in [0, 0.1) is 0 Å². The number of nitrogens with one attached hydrogen (secondary N) is 1. The Morgan fingerprint density at radius 1 is 0.875 bits per heavy atom. The van der Waals surface area contributed by atoms with Crippen LogP contribution in [0.1, 0.15) is 0 Å². The third kappa shape index (κ3) is 2.28. The molecule has 16 heavy (non-hydrogen) atoms. The minimum Gasteiger partial charge on any atom is -0.325 e. The van der Waals surface area contributed by atoms with Crippen molar-refractivity contribution in [3.05, 3.63) is 48.5 Å². The van der Waals surface area contributed by atoms with E-state index in [1.165, 1.54) is 0 Å². The molecule has 1 unspecified atom stereocenters. The van der Waals surface area contributed by atoms with E-state index in [4.69, 9.17) is 0 Å². The molecule has 82 valence electrons. The van der Waals surface area contributed by atoms with Crippen molar-refractivity contribution in [2.75, 3.05) is 7.05 Å². The van der Waals surface area contributed by atoms with E-state index in [1.54, 1.807) is 7.05 Å². The molecular formula is C13H16N2O+2. The fraction of sp³-hybridized carbons (Fsp3) is 0.0769. The highest BCUT2D eigenvalue weighted by Gasteiger charge is 2.03. The molecule has 0 aliphatic carbocycles. The fourth-order valence-electron chi connectivity index (χ4n) is 1.60. The zero-order chi connectivity index (χ0) is 11.5. The highest BCUT2D eigenvalue weighted by molar-refractivity contribution is 5.65. The third-order valence-corrected chi connectivity index (χ3v) is 2.59. The van der Waals surface area contributed by atoms with Crippen LogP contribution in [0.2, 0.25) is 0 Å². The molecule has 0 aliphatic heterocycles. The van der Waals surface area contributed by atoms with Crippen molar-refractivity contribution in [3.8, 4) is 11.1 Å². The van der Waals surface area contributed by atoms with Crippen LogP contribution < -0.4 is 10.8 Å². The lowest BCUT2D eigenvalue weighted by Crippen LogP contribution is -3.01. The molecule has 0 amide bonds. The number of hydrogen-bond donors (Lipinski definition) is 3. The summed E-state index contributed by atoms with van der Waals surface area (Å²) in [6.07, 6.45) is 0. The molecule has 0 saturated carbocycles. The molecule has 0 aromatic heterocycles. The Labute approximate surface area is 94.7 Å². The summed E-state index contributed by atoms with van der Waals surface area (Å²) in [4.78, 5) is 0. The fourth-order valence-corrected chi connectivity index (χ4v) is 1.60. The second-order valence-electron chi connectivity index (χ2n) is 3.86. The highest BCUT2D eigenvalue weighted by atomic mass is 16.5. The van der Waals surface area contributed by atoms with Gasteiger partial charge in [0, 0.05) is 12.1 Å². The predicted octanol–water partition coefficient (Wildman–Crippen LogP) is 0.762. The zero-order valence-corrected chi connectivity index (χ0v) is 9.27. The first kappa shape index (κ1) is 10.8. The summed E-state index contributed by atoms with van der Waals surface area (Å²) in [6, 6.07) is 15.9. The van der Waals surface area contributed by atoms with Gasteiger partial charge in [-0.15, -0.1) is 0 Å². The summed E-state index contributed by atoms with van der Waals surface area (Å²) in [5, 5.41) is 9.68. The van der Waals surface area contributed by atoms with Crippen molar-refractivity contribution in [1.82, 2.24) is 0 Å². The van der Waals surface area contributed by atoms with Crippen LogP contribution in [-0.2, 0) is 0 Å². The molecule has 1 atom stereocenters. The van der Waals surface area contributed by atoms with Gasteiger partial charge in [0.05, 0.1) is 0 Å². The van der Waals surface area contributed by atoms with E-state index >= 15 is 0 Å². The van der Waals surface area contributed by atoms with E-state index in [1.807, 2.05) is 48.5 Å². The number of hydrogen-bond acceptors (Lipinski definition) is 1. The Kier molecular flexibility index (Phi) is 3.01. The highest BCUT2D eigenvalue weighted by Crippen LogP contribution is 2.20. The molecule has 0 fully saturated rings. The normalized spacial score (nSPS) is 12.4. The van der Waals surface area contributed by atoms with Crippen LogP contribution in [0.25, 0.3) is 11.1 Å². The lowest BCUT2D eigenvalue weighted by atomic mass is 10.1. The van der Waals surface area contributed by atoms with Crippen molar-refractivity contribution in [2.45, 2.75) is 0 Å². The predicted molar refractivity (Wildman–Crippen MR) is 62.8 cm³/mol. The SMILES string of the molecule is C[NH+](O)c1ccc(-c2ccc([NH3+])cc2)cc1. The van der Waals surface area contributed by atoms with Crippen LogP contribution in [0.5, 0.6) is 0 Å². The molecule has 0 spiro atoms. The van der Waals surface area contributed by atoms with Crippen molar-refractivity contribution >= 4 is 11.4 Å². The van der Waals surface area contributed by atoms with Gasteiger partial charge < -0.3 is 5.73 Å². The first-order valence-corrected chi connectivity index (χ1v) is 5.22. The Morgan fingerprint density at radius 3 is 1.75 bits per heavy atom. The molecule has 3 nitrogen and oxygen atoms in total. The maximum absolute atomic E-state index is 9.33. The molecule has 0 bridgehead atoms. The summed E-state index contributed by atoms with van der Waals surface area (Å²) < 4.78 is 0. The van der Waals surface area contributed by atoms with Crippen LogP contribution in [0.15, 0.2) is 48.5 Å². The van der Waals surface area contributed by atoms with Crippen molar-refractivity contribution < 1.29 is 16.0 Å². The molecule has 2 rings (SSSR count). The molecule has 3 heteroatoms. The third-order valence-electron chi connectivity index (χ3n) is 2.59. The molecule has 0 radical (unpaired) electrons. The van der Waals surface area contributed by atoms with Gasteiger partial charge in [-0.05, 0) is 47.5 Å². The number of rotatable bonds is 2. The summed E-state index contributed by atoms with van der Waals surface area (Å²) in [6.45, 7) is 0. The van der Waals surface area contributed by atoms with Gasteiger partial charge in [0.25, 0.3) is 0 Å². The maximum Gasteiger partial charge on any atom is 0.163 e. The van der Waals surface area contributed by atoms with Crippen molar-refractivity contribution in [2.24, 2.45) is 0 Å². The van der Waals surface area contributed by atoms with E-state index in [2.05, 4.69) is 5.73 Å². The minimum absolute atomic E-state index is 0.347. The summed E-state index contributed by atoms with van der Waals surface area (Å²) in [7, 11) is 1.69. The Morgan fingerprint density at radius 2 is 1.31 bits per heavy atom. The first-order chi connectivity index (χ1) is 7.66. The van der Waals surface area contributed by atoms with Crippen LogP contribution >= 0.6 is 0 Å². The lowest BCUT2D eigenvalue weighted by Gasteiger charge is -2.05. The van der Waals surface area contributed by atoms with Gasteiger partial charge in [0.1, 0.15) is 12.7 Å². The zero-order valence-electron chi connectivity index (χ0n) is 9.27. The van der Waals surface area contributed by atoms with Gasteiger partial charge >= 0.3 is 0 Å². The largest absolute Gasteiger partial charge is 0.325 e. The van der Waals surface area contributed by atoms with Gasteiger partial charge in [0.15, 0.2) is 5.69 Å². The van der Waals surface area contributed by atoms with Crippen molar-refractivity contribution in [3.63, 3.8) is 0 Å². The van der Waals surface area contributed by atoms with Crippen LogP contribution in [0.4, 0.5) is 11.4 Å². The van der Waals surface area contributed by atoms with Gasteiger partial charge in [-0.25, -0.2) is 5.21 Å². The average Bonchev–Trinajstić information content (AvgIpc) is 2.30. The van der Waals surface area contributed by atoms with Crippen LogP contribution in [0.3, 0.4) is 0 Å². The Hall–Kier alpha value is -1.68. The molecule has 0 aliphatic rings. The first-order valence-electron chi connectivity index (χ1n) is 5.22. The van der Waals surface area contributed by atoms with E-state index < -0.39 is 0 Å². The molecular weight excluding hydrogens is 200 g/mol. The summed E-state index contributed by atoms with van der Waals surface area (Å²) in [5.74, 6) is 0. The van der Waals surface area contributed by atoms with E-state index in [9.17, 15) is 5.21 Å². The number of benzene rings is 2. The average molecular weight is 216 g/mol. The van der Waals surface area contributed by atoms with Gasteiger partial charge in [-0.2, -0.15) is 5.06 Å². The molecule has 5 N–H and O–H groups in total. The van der Waals surface area contributed by atoms with E-state index in [0.29, 0.717) is 5.06 Å². The quantitative estimate of drug-likeness (QED) is 0.638. The molecule has 0 heterocycles. The Bertz CT molecular complexity index is 460. The van der Waals surface area contributed by atoms with Gasteiger partial charge in [-0.1, -0.05) is 0 Å². The molecule has 2 aromatic rings. The standard InChI is InChI=1S/C13H14N2O/c1-15(16)13-8-4-11(5-9-13)10-2-6-12(14)7-3-10/h2-9,16H,14H2,1H3/p+2. The van der Waals surface area contributed by atoms with Gasteiger partial charge in [0.2, 0.25) is 0 Å². The summed E-state index contributed by atoms with van der Waals surface area (Å²) >= 11 is 0. The smallest absolute Gasteiger partial charge is 0.163 e. The Balaban J connectivity index is 2.31.